The molecule has 0 saturated heterocycles. The van der Waals surface area contributed by atoms with Crippen molar-refractivity contribution >= 4 is 40.5 Å². The third-order valence-electron chi connectivity index (χ3n) is 3.27. The number of hydrogen-bond donors (Lipinski definition) is 1. The molecule has 6 heteroatoms. The molecular formula is C17H23ClFNO2S. The zero-order valence-electron chi connectivity index (χ0n) is 13.9. The average Bonchev–Trinajstić information content (AvgIpc) is 2.43. The largest absolute Gasteiger partial charge is 0.484 e. The molecule has 0 bridgehead atoms. The van der Waals surface area contributed by atoms with E-state index in [-0.39, 0.29) is 28.6 Å². The van der Waals surface area contributed by atoms with Crippen LogP contribution in [0, 0.1) is 11.7 Å². The van der Waals surface area contributed by atoms with Gasteiger partial charge in [-0.2, -0.15) is 0 Å². The van der Waals surface area contributed by atoms with Crippen LogP contribution in [-0.4, -0.2) is 17.1 Å². The molecule has 1 aromatic rings. The highest BCUT2D eigenvalue weighted by molar-refractivity contribution is 7.80. The molecule has 0 radical (unpaired) electrons. The zero-order chi connectivity index (χ0) is 17.6. The number of ether oxygens (including phenoxy) is 1. The summed E-state index contributed by atoms with van der Waals surface area (Å²) in [5, 5.41) is 3.26. The molecule has 3 nitrogen and oxygen atoms in total. The lowest BCUT2D eigenvalue weighted by Crippen LogP contribution is -2.21. The minimum Gasteiger partial charge on any atom is -0.484 e. The lowest BCUT2D eigenvalue weighted by molar-refractivity contribution is -0.119. The fourth-order valence-corrected chi connectivity index (χ4v) is 2.67. The molecule has 0 spiro atoms. The maximum Gasteiger partial charge on any atom is 0.227 e. The Balaban J connectivity index is 2.91. The van der Waals surface area contributed by atoms with Crippen molar-refractivity contribution in [3.8, 4) is 0 Å². The van der Waals surface area contributed by atoms with Gasteiger partial charge in [0.15, 0.2) is 5.05 Å². The zero-order valence-corrected chi connectivity index (χ0v) is 15.5. The second-order valence-corrected chi connectivity index (χ2v) is 6.68. The van der Waals surface area contributed by atoms with Crippen molar-refractivity contribution in [2.75, 3.05) is 5.32 Å². The monoisotopic (exact) mass is 359 g/mol. The smallest absolute Gasteiger partial charge is 0.227 e. The molecule has 128 valence electrons. The third kappa shape index (κ3) is 6.43. The SMILES string of the molecule is CCCC(C)C(=O)Nc1cc(CC(=S)OC(C)C)c(Cl)cc1F. The number of hydrogen-bond acceptors (Lipinski definition) is 3. The third-order valence-corrected chi connectivity index (χ3v) is 3.86. The number of rotatable bonds is 7. The van der Waals surface area contributed by atoms with Crippen LogP contribution in [0.2, 0.25) is 5.02 Å². The fourth-order valence-electron chi connectivity index (χ4n) is 2.11. The molecule has 23 heavy (non-hydrogen) atoms. The molecule has 1 rings (SSSR count). The molecule has 0 aliphatic rings. The molecule has 0 heterocycles. The Morgan fingerprint density at radius 2 is 2.04 bits per heavy atom. The van der Waals surface area contributed by atoms with Gasteiger partial charge in [-0.3, -0.25) is 4.79 Å². The molecule has 0 saturated carbocycles. The van der Waals surface area contributed by atoms with Crippen LogP contribution in [0.15, 0.2) is 12.1 Å². The van der Waals surface area contributed by atoms with Crippen molar-refractivity contribution in [2.24, 2.45) is 5.92 Å². The highest BCUT2D eigenvalue weighted by Gasteiger charge is 2.16. The first-order valence-electron chi connectivity index (χ1n) is 7.72. The van der Waals surface area contributed by atoms with Gasteiger partial charge in [0.2, 0.25) is 5.91 Å². The Labute approximate surface area is 147 Å². The Kier molecular flexibility index (Phi) is 7.92. The van der Waals surface area contributed by atoms with Crippen molar-refractivity contribution in [2.45, 2.75) is 53.1 Å². The molecule has 0 aliphatic heterocycles. The second-order valence-electron chi connectivity index (χ2n) is 5.82. The van der Waals surface area contributed by atoms with Gasteiger partial charge < -0.3 is 10.1 Å². The number of carbonyl (C=O) groups excluding carboxylic acids is 1. The molecule has 1 unspecified atom stereocenters. The summed E-state index contributed by atoms with van der Waals surface area (Å²) in [5.74, 6) is -0.949. The summed E-state index contributed by atoms with van der Waals surface area (Å²) in [7, 11) is 0. The van der Waals surface area contributed by atoms with E-state index in [1.807, 2.05) is 27.7 Å². The van der Waals surface area contributed by atoms with Crippen LogP contribution in [0.5, 0.6) is 0 Å². The van der Waals surface area contributed by atoms with E-state index < -0.39 is 5.82 Å². The Morgan fingerprint density at radius 3 is 2.61 bits per heavy atom. The summed E-state index contributed by atoms with van der Waals surface area (Å²) in [6.07, 6.45) is 1.90. The maximum absolute atomic E-state index is 14.0. The summed E-state index contributed by atoms with van der Waals surface area (Å²) in [6.45, 7) is 7.57. The van der Waals surface area contributed by atoms with Gasteiger partial charge in [0, 0.05) is 17.4 Å². The molecule has 1 N–H and O–H groups in total. The number of carbonyl (C=O) groups is 1. The predicted octanol–water partition coefficient (Wildman–Crippen LogP) is 5.15. The van der Waals surface area contributed by atoms with Crippen molar-refractivity contribution in [3.05, 3.63) is 28.5 Å². The van der Waals surface area contributed by atoms with Crippen LogP contribution in [0.1, 0.15) is 46.1 Å². The van der Waals surface area contributed by atoms with E-state index >= 15 is 0 Å². The summed E-state index contributed by atoms with van der Waals surface area (Å²) in [4.78, 5) is 12.1. The van der Waals surface area contributed by atoms with E-state index in [1.54, 1.807) is 0 Å². The first kappa shape index (κ1) is 19.8. The van der Waals surface area contributed by atoms with Gasteiger partial charge in [-0.1, -0.05) is 31.9 Å². The fraction of sp³-hybridized carbons (Fsp3) is 0.529. The number of anilines is 1. The number of benzene rings is 1. The highest BCUT2D eigenvalue weighted by Crippen LogP contribution is 2.26. The lowest BCUT2D eigenvalue weighted by atomic mass is 10.0. The van der Waals surface area contributed by atoms with Crippen LogP contribution in [0.25, 0.3) is 0 Å². The van der Waals surface area contributed by atoms with Crippen molar-refractivity contribution in [3.63, 3.8) is 0 Å². The Morgan fingerprint density at radius 1 is 1.39 bits per heavy atom. The van der Waals surface area contributed by atoms with E-state index in [0.29, 0.717) is 17.0 Å². The van der Waals surface area contributed by atoms with E-state index in [0.717, 1.165) is 12.8 Å². The Hall–Kier alpha value is -1.20. The topological polar surface area (TPSA) is 38.3 Å². The Bertz CT molecular complexity index is 578. The number of halogens is 2. The average molecular weight is 360 g/mol. The van der Waals surface area contributed by atoms with Gasteiger partial charge in [-0.05, 0) is 50.2 Å². The van der Waals surface area contributed by atoms with Gasteiger partial charge in [0.25, 0.3) is 0 Å². The molecular weight excluding hydrogens is 337 g/mol. The predicted molar refractivity (Wildman–Crippen MR) is 96.6 cm³/mol. The standard InChI is InChI=1S/C17H23ClFNO2S/c1-5-6-11(4)17(21)20-15-7-12(13(18)9-14(15)19)8-16(23)22-10(2)3/h7,9-11H,5-6,8H2,1-4H3,(H,20,21). The summed E-state index contributed by atoms with van der Waals surface area (Å²) < 4.78 is 19.4. The van der Waals surface area contributed by atoms with Gasteiger partial charge in [-0.25, -0.2) is 4.39 Å². The van der Waals surface area contributed by atoms with E-state index in [4.69, 9.17) is 28.6 Å². The van der Waals surface area contributed by atoms with E-state index in [1.165, 1.54) is 12.1 Å². The van der Waals surface area contributed by atoms with Crippen LogP contribution in [0.3, 0.4) is 0 Å². The normalized spacial score (nSPS) is 12.1. The van der Waals surface area contributed by atoms with Gasteiger partial charge in [0.1, 0.15) is 5.82 Å². The van der Waals surface area contributed by atoms with Crippen LogP contribution in [-0.2, 0) is 16.0 Å². The highest BCUT2D eigenvalue weighted by atomic mass is 35.5. The van der Waals surface area contributed by atoms with Crippen molar-refractivity contribution in [1.29, 1.82) is 0 Å². The second kappa shape index (κ2) is 9.18. The van der Waals surface area contributed by atoms with Gasteiger partial charge >= 0.3 is 0 Å². The first-order valence-corrected chi connectivity index (χ1v) is 8.51. The molecule has 1 aromatic carbocycles. The molecule has 0 aromatic heterocycles. The minimum atomic E-state index is -0.563. The van der Waals surface area contributed by atoms with Crippen LogP contribution in [0.4, 0.5) is 10.1 Å². The molecule has 0 aliphatic carbocycles. The minimum absolute atomic E-state index is 0.0317. The molecule has 1 atom stereocenters. The quantitative estimate of drug-likeness (QED) is 0.684. The van der Waals surface area contributed by atoms with E-state index in [2.05, 4.69) is 5.32 Å². The number of thiocarbonyl (C=S) groups is 1. The maximum atomic E-state index is 14.0. The summed E-state index contributed by atoms with van der Waals surface area (Å²) in [6, 6.07) is 2.71. The van der Waals surface area contributed by atoms with E-state index in [9.17, 15) is 9.18 Å². The number of amides is 1. The van der Waals surface area contributed by atoms with Gasteiger partial charge in [-0.15, -0.1) is 0 Å². The van der Waals surface area contributed by atoms with Crippen LogP contribution < -0.4 is 5.32 Å². The number of nitrogens with one attached hydrogen (secondary N) is 1. The van der Waals surface area contributed by atoms with Crippen molar-refractivity contribution < 1.29 is 13.9 Å². The summed E-state index contributed by atoms with van der Waals surface area (Å²) in [5.41, 5.74) is 0.738. The van der Waals surface area contributed by atoms with Gasteiger partial charge in [0.05, 0.1) is 11.8 Å². The molecule has 0 fully saturated rings. The summed E-state index contributed by atoms with van der Waals surface area (Å²) >= 11 is 11.2. The molecule has 1 amide bonds. The van der Waals surface area contributed by atoms with Crippen molar-refractivity contribution in [1.82, 2.24) is 0 Å². The first-order chi connectivity index (χ1) is 10.7. The lowest BCUT2D eigenvalue weighted by Gasteiger charge is -2.15. The van der Waals surface area contributed by atoms with Crippen LogP contribution >= 0.6 is 23.8 Å².